The Balaban J connectivity index is 2.13. The summed E-state index contributed by atoms with van der Waals surface area (Å²) in [5.41, 5.74) is 0.230. The topological polar surface area (TPSA) is 62.3 Å². The van der Waals surface area contributed by atoms with Gasteiger partial charge < -0.3 is 10.2 Å². The van der Waals surface area contributed by atoms with Crippen molar-refractivity contribution >= 4 is 28.3 Å². The second kappa shape index (κ2) is 8.01. The van der Waals surface area contributed by atoms with E-state index in [2.05, 4.69) is 10.3 Å². The van der Waals surface area contributed by atoms with Gasteiger partial charge in [0, 0.05) is 22.7 Å². The molecule has 7 heteroatoms. The molecule has 1 unspecified atom stereocenters. The van der Waals surface area contributed by atoms with Crippen LogP contribution in [0.25, 0.3) is 0 Å². The lowest BCUT2D eigenvalue weighted by molar-refractivity contribution is -0.117. The van der Waals surface area contributed by atoms with E-state index in [9.17, 15) is 14.0 Å². The number of benzene rings is 1. The number of amides is 2. The van der Waals surface area contributed by atoms with Gasteiger partial charge in [0.1, 0.15) is 12.4 Å². The molecule has 2 aromatic rings. The van der Waals surface area contributed by atoms with E-state index in [0.717, 1.165) is 4.88 Å². The van der Waals surface area contributed by atoms with Gasteiger partial charge >= 0.3 is 0 Å². The zero-order valence-electron chi connectivity index (χ0n) is 13.9. The fourth-order valence-corrected chi connectivity index (χ4v) is 2.84. The largest absolute Gasteiger partial charge is 0.327 e. The van der Waals surface area contributed by atoms with Crippen molar-refractivity contribution in [2.45, 2.75) is 33.2 Å². The molecule has 24 heavy (non-hydrogen) atoms. The molecule has 0 bridgehead atoms. The summed E-state index contributed by atoms with van der Waals surface area (Å²) in [5, 5.41) is 3.19. The summed E-state index contributed by atoms with van der Waals surface area (Å²) in [6, 6.07) is 5.34. The Morgan fingerprint density at radius 1 is 1.42 bits per heavy atom. The molecule has 0 radical (unpaired) electrons. The summed E-state index contributed by atoms with van der Waals surface area (Å²) in [7, 11) is 0. The van der Waals surface area contributed by atoms with E-state index in [1.54, 1.807) is 12.3 Å². The van der Waals surface area contributed by atoms with E-state index < -0.39 is 5.82 Å². The van der Waals surface area contributed by atoms with Crippen LogP contribution in [0.1, 0.15) is 35.5 Å². The van der Waals surface area contributed by atoms with Gasteiger partial charge in [-0.2, -0.15) is 0 Å². The monoisotopic (exact) mass is 349 g/mol. The lowest BCUT2D eigenvalue weighted by Gasteiger charge is -2.28. The molecule has 1 aromatic carbocycles. The van der Waals surface area contributed by atoms with Crippen molar-refractivity contribution in [1.29, 1.82) is 0 Å². The van der Waals surface area contributed by atoms with Gasteiger partial charge in [0.2, 0.25) is 5.91 Å². The number of carbonyl (C=O) groups is 2. The van der Waals surface area contributed by atoms with Crippen LogP contribution in [0.2, 0.25) is 0 Å². The first-order valence-corrected chi connectivity index (χ1v) is 8.51. The summed E-state index contributed by atoms with van der Waals surface area (Å²) < 4.78 is 13.4. The molecule has 0 saturated carbocycles. The van der Waals surface area contributed by atoms with Crippen molar-refractivity contribution < 1.29 is 14.0 Å². The van der Waals surface area contributed by atoms with Crippen LogP contribution in [-0.2, 0) is 4.79 Å². The number of anilines is 1. The molecule has 0 saturated heterocycles. The number of nitrogens with zero attached hydrogens (tertiary/aromatic N) is 2. The quantitative estimate of drug-likeness (QED) is 0.868. The molecule has 2 amide bonds. The Morgan fingerprint density at radius 2 is 2.17 bits per heavy atom. The van der Waals surface area contributed by atoms with Crippen molar-refractivity contribution in [3.63, 3.8) is 0 Å². The first-order chi connectivity index (χ1) is 11.4. The third-order valence-electron chi connectivity index (χ3n) is 3.64. The van der Waals surface area contributed by atoms with Gasteiger partial charge in [0.25, 0.3) is 5.91 Å². The standard InChI is InChI=1S/C17H20FN3O2S/c1-4-11(2)21(16(23)13-6-5-7-14(18)8-13)10-15(22)20-17-19-9-12(3)24-17/h5-9,11H,4,10H2,1-3H3,(H,19,20,22). The van der Waals surface area contributed by atoms with Crippen molar-refractivity contribution in [3.8, 4) is 0 Å². The third-order valence-corrected chi connectivity index (χ3v) is 4.47. The van der Waals surface area contributed by atoms with Crippen LogP contribution < -0.4 is 5.32 Å². The van der Waals surface area contributed by atoms with Crippen molar-refractivity contribution in [3.05, 3.63) is 46.7 Å². The molecule has 2 rings (SSSR count). The van der Waals surface area contributed by atoms with Crippen LogP contribution >= 0.6 is 11.3 Å². The van der Waals surface area contributed by atoms with Gasteiger partial charge in [-0.25, -0.2) is 9.37 Å². The highest BCUT2D eigenvalue weighted by molar-refractivity contribution is 7.15. The first kappa shape index (κ1) is 18.1. The number of aryl methyl sites for hydroxylation is 1. The van der Waals surface area contributed by atoms with Gasteiger partial charge in [-0.15, -0.1) is 11.3 Å². The molecule has 0 spiro atoms. The molecular weight excluding hydrogens is 329 g/mol. The van der Waals surface area contributed by atoms with Crippen molar-refractivity contribution in [2.75, 3.05) is 11.9 Å². The summed E-state index contributed by atoms with van der Waals surface area (Å²) in [6.07, 6.45) is 2.36. The average molecular weight is 349 g/mol. The highest BCUT2D eigenvalue weighted by Crippen LogP contribution is 2.17. The number of thiazole rings is 1. The molecule has 0 aliphatic heterocycles. The third kappa shape index (κ3) is 4.61. The van der Waals surface area contributed by atoms with E-state index in [1.165, 1.54) is 34.4 Å². The zero-order chi connectivity index (χ0) is 17.7. The molecular formula is C17H20FN3O2S. The highest BCUT2D eigenvalue weighted by atomic mass is 32.1. The fourth-order valence-electron chi connectivity index (χ4n) is 2.16. The van der Waals surface area contributed by atoms with Gasteiger partial charge in [-0.05, 0) is 38.5 Å². The van der Waals surface area contributed by atoms with Crippen LogP contribution in [0, 0.1) is 12.7 Å². The smallest absolute Gasteiger partial charge is 0.254 e. The minimum absolute atomic E-state index is 0.108. The summed E-state index contributed by atoms with van der Waals surface area (Å²) in [4.78, 5) is 31.4. The molecule has 0 aliphatic rings. The molecule has 1 heterocycles. The van der Waals surface area contributed by atoms with E-state index in [0.29, 0.717) is 11.6 Å². The summed E-state index contributed by atoms with van der Waals surface area (Å²) >= 11 is 1.37. The minimum atomic E-state index is -0.479. The number of hydrogen-bond donors (Lipinski definition) is 1. The molecule has 1 aromatic heterocycles. The SMILES string of the molecule is CCC(C)N(CC(=O)Nc1ncc(C)s1)C(=O)c1cccc(F)c1. The first-order valence-electron chi connectivity index (χ1n) is 7.69. The number of aromatic nitrogens is 1. The molecule has 5 nitrogen and oxygen atoms in total. The Bertz CT molecular complexity index is 732. The maximum atomic E-state index is 13.4. The van der Waals surface area contributed by atoms with Crippen LogP contribution in [0.15, 0.2) is 30.5 Å². The second-order valence-electron chi connectivity index (χ2n) is 5.52. The maximum absolute atomic E-state index is 13.4. The predicted molar refractivity (Wildman–Crippen MR) is 92.7 cm³/mol. The number of hydrogen-bond acceptors (Lipinski definition) is 4. The number of carbonyl (C=O) groups excluding carboxylic acids is 2. The zero-order valence-corrected chi connectivity index (χ0v) is 14.7. The van der Waals surface area contributed by atoms with Crippen molar-refractivity contribution in [2.24, 2.45) is 0 Å². The van der Waals surface area contributed by atoms with E-state index in [-0.39, 0.29) is 30.0 Å². The Kier molecular flexibility index (Phi) is 6.03. The summed E-state index contributed by atoms with van der Waals surface area (Å²) in [6.45, 7) is 5.58. The Hall–Kier alpha value is -2.28. The second-order valence-corrected chi connectivity index (χ2v) is 6.76. The van der Waals surface area contributed by atoms with Gasteiger partial charge in [-0.1, -0.05) is 13.0 Å². The molecule has 128 valence electrons. The van der Waals surface area contributed by atoms with Crippen LogP contribution in [-0.4, -0.2) is 34.3 Å². The van der Waals surface area contributed by atoms with E-state index in [4.69, 9.17) is 0 Å². The molecule has 0 fully saturated rings. The maximum Gasteiger partial charge on any atom is 0.254 e. The molecule has 1 atom stereocenters. The van der Waals surface area contributed by atoms with Crippen LogP contribution in [0.3, 0.4) is 0 Å². The molecule has 0 aliphatic carbocycles. The van der Waals surface area contributed by atoms with Crippen LogP contribution in [0.5, 0.6) is 0 Å². The van der Waals surface area contributed by atoms with E-state index in [1.807, 2.05) is 20.8 Å². The van der Waals surface area contributed by atoms with Gasteiger partial charge in [0.05, 0.1) is 0 Å². The normalized spacial score (nSPS) is 11.8. The lowest BCUT2D eigenvalue weighted by atomic mass is 10.1. The van der Waals surface area contributed by atoms with Crippen molar-refractivity contribution in [1.82, 2.24) is 9.88 Å². The van der Waals surface area contributed by atoms with Crippen LogP contribution in [0.4, 0.5) is 9.52 Å². The Morgan fingerprint density at radius 3 is 2.75 bits per heavy atom. The van der Waals surface area contributed by atoms with E-state index >= 15 is 0 Å². The lowest BCUT2D eigenvalue weighted by Crippen LogP contribution is -2.43. The van der Waals surface area contributed by atoms with Gasteiger partial charge in [-0.3, -0.25) is 9.59 Å². The summed E-state index contributed by atoms with van der Waals surface area (Å²) in [5.74, 6) is -1.17. The average Bonchev–Trinajstić information content (AvgIpc) is 2.96. The predicted octanol–water partition coefficient (Wildman–Crippen LogP) is 3.47. The number of rotatable bonds is 6. The van der Waals surface area contributed by atoms with Gasteiger partial charge in [0.15, 0.2) is 5.13 Å². The molecule has 1 N–H and O–H groups in total. The Labute approximate surface area is 144 Å². The minimum Gasteiger partial charge on any atom is -0.327 e. The number of halogens is 1. The highest BCUT2D eigenvalue weighted by Gasteiger charge is 2.23. The fraction of sp³-hybridized carbons (Fsp3) is 0.353. The number of nitrogens with one attached hydrogen (secondary N) is 1.